The molecule has 0 aromatic heterocycles. The van der Waals surface area contributed by atoms with E-state index in [2.05, 4.69) is 0 Å². The zero-order chi connectivity index (χ0) is 26.7. The maximum atomic E-state index is 13.7. The van der Waals surface area contributed by atoms with E-state index in [-0.39, 0.29) is 23.8 Å². The molecule has 7 nitrogen and oxygen atoms in total. The van der Waals surface area contributed by atoms with Gasteiger partial charge in [-0.3, -0.25) is 9.10 Å². The molecule has 8 heteroatoms. The Morgan fingerprint density at radius 1 is 0.868 bits per heavy atom. The van der Waals surface area contributed by atoms with Gasteiger partial charge in [0.25, 0.3) is 10.0 Å². The Bertz CT molecular complexity index is 1530. The smallest absolute Gasteiger partial charge is 0.303 e. The number of rotatable bonds is 9. The molecule has 0 spiro atoms. The molecule has 1 N–H and O–H groups in total. The van der Waals surface area contributed by atoms with Crippen LogP contribution in [0.4, 0.5) is 5.69 Å². The minimum Gasteiger partial charge on any atom is -0.497 e. The molecule has 1 unspecified atom stereocenters. The minimum atomic E-state index is -3.89. The van der Waals surface area contributed by atoms with E-state index in [1.807, 2.05) is 48.5 Å². The Morgan fingerprint density at radius 3 is 2.13 bits per heavy atom. The lowest BCUT2D eigenvalue weighted by Crippen LogP contribution is -2.30. The van der Waals surface area contributed by atoms with E-state index in [1.54, 1.807) is 43.5 Å². The normalized spacial score (nSPS) is 14.7. The summed E-state index contributed by atoms with van der Waals surface area (Å²) < 4.78 is 39.8. The van der Waals surface area contributed by atoms with Crippen LogP contribution in [0.25, 0.3) is 11.1 Å². The third-order valence-corrected chi connectivity index (χ3v) is 8.44. The van der Waals surface area contributed by atoms with Gasteiger partial charge in [0.1, 0.15) is 17.2 Å². The molecule has 0 radical (unpaired) electrons. The number of ether oxygens (including phenoxy) is 2. The van der Waals surface area contributed by atoms with E-state index < -0.39 is 16.0 Å². The van der Waals surface area contributed by atoms with Crippen LogP contribution in [0, 0.1) is 0 Å². The van der Waals surface area contributed by atoms with E-state index in [9.17, 15) is 18.3 Å². The van der Waals surface area contributed by atoms with E-state index in [4.69, 9.17) is 9.47 Å². The molecule has 0 aliphatic carbocycles. The first kappa shape index (κ1) is 25.4. The molecule has 0 bridgehead atoms. The van der Waals surface area contributed by atoms with Crippen molar-refractivity contribution < 1.29 is 27.8 Å². The topological polar surface area (TPSA) is 93.1 Å². The predicted molar refractivity (Wildman–Crippen MR) is 146 cm³/mol. The number of carboxylic acid groups (broad SMARTS) is 1. The lowest BCUT2D eigenvalue weighted by Gasteiger charge is -2.20. The first-order chi connectivity index (χ1) is 18.3. The number of hydrogen-bond acceptors (Lipinski definition) is 5. The SMILES string of the molecule is COc1ccc(Oc2ccc(S(=O)(=O)N3CC(CCC(=O)O)c4cc(-c5ccccc5)ccc43)cc2)cc1. The van der Waals surface area contributed by atoms with Crippen LogP contribution >= 0.6 is 0 Å². The molecule has 5 rings (SSSR count). The van der Waals surface area contributed by atoms with Gasteiger partial charge in [0.15, 0.2) is 0 Å². The van der Waals surface area contributed by atoms with E-state index in [0.717, 1.165) is 16.7 Å². The molecule has 4 aromatic rings. The monoisotopic (exact) mass is 529 g/mol. The average Bonchev–Trinajstić information content (AvgIpc) is 3.32. The van der Waals surface area contributed by atoms with E-state index >= 15 is 0 Å². The Morgan fingerprint density at radius 2 is 1.50 bits per heavy atom. The molecule has 1 heterocycles. The van der Waals surface area contributed by atoms with Crippen LogP contribution in [0.15, 0.2) is 102 Å². The van der Waals surface area contributed by atoms with Crippen molar-refractivity contribution in [3.63, 3.8) is 0 Å². The second kappa shape index (κ2) is 10.6. The highest BCUT2D eigenvalue weighted by Gasteiger charge is 2.37. The number of fused-ring (bicyclic) bond motifs is 1. The lowest BCUT2D eigenvalue weighted by atomic mass is 9.93. The first-order valence-electron chi connectivity index (χ1n) is 12.2. The highest BCUT2D eigenvalue weighted by molar-refractivity contribution is 7.92. The summed E-state index contributed by atoms with van der Waals surface area (Å²) in [7, 11) is -2.30. The molecule has 38 heavy (non-hydrogen) atoms. The van der Waals surface area contributed by atoms with Crippen molar-refractivity contribution in [1.82, 2.24) is 0 Å². The zero-order valence-corrected chi connectivity index (χ0v) is 21.6. The standard InChI is InChI=1S/C30H27NO6S/c1-36-24-9-11-25(12-10-24)37-26-13-15-27(16-14-26)38(34,35)31-20-23(8-18-30(32)33)28-19-22(7-17-29(28)31)21-5-3-2-4-6-21/h2-7,9-17,19,23H,8,18,20H2,1H3,(H,32,33). The second-order valence-electron chi connectivity index (χ2n) is 9.05. The van der Waals surface area contributed by atoms with Gasteiger partial charge in [-0.2, -0.15) is 0 Å². The molecule has 0 fully saturated rings. The van der Waals surface area contributed by atoms with Crippen molar-refractivity contribution in [2.45, 2.75) is 23.7 Å². The summed E-state index contributed by atoms with van der Waals surface area (Å²) in [4.78, 5) is 11.4. The maximum absolute atomic E-state index is 13.7. The third-order valence-electron chi connectivity index (χ3n) is 6.64. The van der Waals surface area contributed by atoms with Crippen molar-refractivity contribution >= 4 is 21.7 Å². The Kier molecular flexibility index (Phi) is 7.07. The summed E-state index contributed by atoms with van der Waals surface area (Å²) in [6, 6.07) is 28.9. The fourth-order valence-corrected chi connectivity index (χ4v) is 6.21. The number of anilines is 1. The molecule has 0 saturated heterocycles. The molecule has 1 aliphatic heterocycles. The highest BCUT2D eigenvalue weighted by atomic mass is 32.2. The van der Waals surface area contributed by atoms with Crippen LogP contribution in [-0.2, 0) is 14.8 Å². The Labute approximate surface area is 221 Å². The van der Waals surface area contributed by atoms with Gasteiger partial charge in [-0.05, 0) is 83.8 Å². The summed E-state index contributed by atoms with van der Waals surface area (Å²) >= 11 is 0. The van der Waals surface area contributed by atoms with Gasteiger partial charge in [0.05, 0.1) is 17.7 Å². The summed E-state index contributed by atoms with van der Waals surface area (Å²) in [5.74, 6) is 0.687. The van der Waals surface area contributed by atoms with Crippen molar-refractivity contribution in [1.29, 1.82) is 0 Å². The fraction of sp³-hybridized carbons (Fsp3) is 0.167. The van der Waals surface area contributed by atoms with Crippen molar-refractivity contribution in [2.75, 3.05) is 18.0 Å². The number of aliphatic carboxylic acids is 1. The van der Waals surface area contributed by atoms with Crippen molar-refractivity contribution in [3.05, 3.63) is 103 Å². The van der Waals surface area contributed by atoms with Crippen molar-refractivity contribution in [2.24, 2.45) is 0 Å². The van der Waals surface area contributed by atoms with Crippen LogP contribution in [0.2, 0.25) is 0 Å². The van der Waals surface area contributed by atoms with Gasteiger partial charge in [-0.15, -0.1) is 0 Å². The van der Waals surface area contributed by atoms with Gasteiger partial charge in [0, 0.05) is 18.9 Å². The number of carbonyl (C=O) groups is 1. The quantitative estimate of drug-likeness (QED) is 0.273. The van der Waals surface area contributed by atoms with Gasteiger partial charge >= 0.3 is 5.97 Å². The van der Waals surface area contributed by atoms with Gasteiger partial charge in [0.2, 0.25) is 0 Å². The highest BCUT2D eigenvalue weighted by Crippen LogP contribution is 2.43. The number of hydrogen-bond donors (Lipinski definition) is 1. The summed E-state index contributed by atoms with van der Waals surface area (Å²) in [6.45, 7) is 0.188. The molecule has 1 aliphatic rings. The molecule has 4 aromatic carbocycles. The van der Waals surface area contributed by atoms with Crippen molar-refractivity contribution in [3.8, 4) is 28.4 Å². The fourth-order valence-electron chi connectivity index (χ4n) is 4.67. The molecular formula is C30H27NO6S. The predicted octanol–water partition coefficient (Wildman–Crippen LogP) is 6.31. The van der Waals surface area contributed by atoms with Crippen LogP contribution in [0.1, 0.15) is 24.3 Å². The Balaban J connectivity index is 1.42. The summed E-state index contributed by atoms with van der Waals surface area (Å²) in [6.07, 6.45) is 0.312. The van der Waals surface area contributed by atoms with E-state index in [1.165, 1.54) is 16.4 Å². The van der Waals surface area contributed by atoms with Crippen LogP contribution in [0.3, 0.4) is 0 Å². The molecule has 194 valence electrons. The third kappa shape index (κ3) is 5.21. The number of nitrogens with zero attached hydrogens (tertiary/aromatic N) is 1. The average molecular weight is 530 g/mol. The van der Waals surface area contributed by atoms with Crippen LogP contribution < -0.4 is 13.8 Å². The summed E-state index contributed by atoms with van der Waals surface area (Å²) in [5.41, 5.74) is 3.40. The van der Waals surface area contributed by atoms with Crippen LogP contribution in [0.5, 0.6) is 17.2 Å². The molecule has 0 amide bonds. The van der Waals surface area contributed by atoms with Gasteiger partial charge in [-0.25, -0.2) is 8.42 Å². The number of sulfonamides is 1. The molecule has 1 atom stereocenters. The van der Waals surface area contributed by atoms with Crippen LogP contribution in [-0.4, -0.2) is 33.1 Å². The van der Waals surface area contributed by atoms with Gasteiger partial charge in [-0.1, -0.05) is 36.4 Å². The largest absolute Gasteiger partial charge is 0.497 e. The lowest BCUT2D eigenvalue weighted by molar-refractivity contribution is -0.137. The number of benzene rings is 4. The first-order valence-corrected chi connectivity index (χ1v) is 13.6. The molecule has 0 saturated carbocycles. The second-order valence-corrected chi connectivity index (χ2v) is 10.9. The van der Waals surface area contributed by atoms with Gasteiger partial charge < -0.3 is 14.6 Å². The maximum Gasteiger partial charge on any atom is 0.303 e. The van der Waals surface area contributed by atoms with E-state index in [0.29, 0.717) is 29.4 Å². The summed E-state index contributed by atoms with van der Waals surface area (Å²) in [5, 5.41) is 9.27. The molecular weight excluding hydrogens is 502 g/mol. The zero-order valence-electron chi connectivity index (χ0n) is 20.8. The number of methoxy groups -OCH3 is 1. The number of carboxylic acids is 1. The Hall–Kier alpha value is -4.30. The minimum absolute atomic E-state index is 0.0368.